The van der Waals surface area contributed by atoms with Gasteiger partial charge in [0.15, 0.2) is 0 Å². The van der Waals surface area contributed by atoms with E-state index < -0.39 is 8.67 Å². The minimum atomic E-state index is -0.512. The molecule has 2 unspecified atom stereocenters. The molecule has 0 aromatic heterocycles. The summed E-state index contributed by atoms with van der Waals surface area (Å²) >= 11 is 25.2. The van der Waals surface area contributed by atoms with Gasteiger partial charge in [0.2, 0.25) is 0 Å². The van der Waals surface area contributed by atoms with E-state index in [0.29, 0.717) is 11.8 Å². The lowest BCUT2D eigenvalue weighted by Crippen LogP contribution is -2.24. The van der Waals surface area contributed by atoms with Gasteiger partial charge in [-0.05, 0) is 31.6 Å². The maximum Gasteiger partial charge on any atom is 0.127 e. The third-order valence-corrected chi connectivity index (χ3v) is 8.14. The predicted molar refractivity (Wildman–Crippen MR) is 70.5 cm³/mol. The smallest absolute Gasteiger partial charge is 0.101 e. The number of halogens is 4. The molecule has 0 heterocycles. The first-order chi connectivity index (χ1) is 7.15. The van der Waals surface area contributed by atoms with Crippen molar-refractivity contribution in [2.75, 3.05) is 0 Å². The average molecular weight is 302 g/mol. The lowest BCUT2D eigenvalue weighted by molar-refractivity contribution is 0.200. The van der Waals surface area contributed by atoms with Gasteiger partial charge in [-0.25, -0.2) is 0 Å². The summed E-state index contributed by atoms with van der Waals surface area (Å²) in [4.78, 5) is 0. The van der Waals surface area contributed by atoms with Crippen molar-refractivity contribution in [3.8, 4) is 0 Å². The Morgan fingerprint density at radius 2 is 1.56 bits per heavy atom. The van der Waals surface area contributed by atoms with Crippen LogP contribution in [0.3, 0.4) is 0 Å². The highest BCUT2D eigenvalue weighted by molar-refractivity contribution is 6.52. The standard InChI is InChI=1S/C12H16Cl4/c1-9-4-3-7(5-8(9)12(9,15)16)10(2)6-11(10,13)14/h7-8H,3-6H2,1-2H3/t7?,8-,9+,10?/m0/s1. The predicted octanol–water partition coefficient (Wildman–Crippen LogP) is 5.18. The van der Waals surface area contributed by atoms with Crippen molar-refractivity contribution in [2.45, 2.75) is 48.2 Å². The number of fused-ring (bicyclic) bond motifs is 1. The Bertz CT molecular complexity index is 351. The molecule has 3 rings (SSSR count). The van der Waals surface area contributed by atoms with E-state index >= 15 is 0 Å². The molecule has 3 fully saturated rings. The van der Waals surface area contributed by atoms with Gasteiger partial charge < -0.3 is 0 Å². The zero-order chi connectivity index (χ0) is 12.0. The van der Waals surface area contributed by atoms with E-state index in [1.165, 1.54) is 0 Å². The molecule has 3 aliphatic carbocycles. The average Bonchev–Trinajstić information content (AvgIpc) is 2.83. The first kappa shape index (κ1) is 12.2. The van der Waals surface area contributed by atoms with Crippen molar-refractivity contribution in [3.63, 3.8) is 0 Å². The summed E-state index contributed by atoms with van der Waals surface area (Å²) in [6, 6.07) is 0. The van der Waals surface area contributed by atoms with E-state index in [2.05, 4.69) is 13.8 Å². The number of hydrogen-bond acceptors (Lipinski definition) is 0. The van der Waals surface area contributed by atoms with E-state index in [0.717, 1.165) is 25.7 Å². The lowest BCUT2D eigenvalue weighted by Gasteiger charge is -2.30. The Balaban J connectivity index is 1.76. The van der Waals surface area contributed by atoms with E-state index in [1.807, 2.05) is 0 Å². The first-order valence-corrected chi connectivity index (χ1v) is 7.42. The quantitative estimate of drug-likeness (QED) is 0.585. The molecule has 0 amide bonds. The lowest BCUT2D eigenvalue weighted by atomic mass is 9.75. The topological polar surface area (TPSA) is 0 Å². The second-order valence-electron chi connectivity index (χ2n) is 6.36. The minimum Gasteiger partial charge on any atom is -0.101 e. The second-order valence-corrected chi connectivity index (χ2v) is 9.23. The van der Waals surface area contributed by atoms with Gasteiger partial charge in [-0.15, -0.1) is 46.4 Å². The molecule has 16 heavy (non-hydrogen) atoms. The van der Waals surface area contributed by atoms with Gasteiger partial charge in [-0.3, -0.25) is 0 Å². The molecule has 3 aliphatic rings. The Morgan fingerprint density at radius 1 is 1.00 bits per heavy atom. The molecule has 0 radical (unpaired) electrons. The maximum absolute atomic E-state index is 6.36. The van der Waals surface area contributed by atoms with Gasteiger partial charge in [-0.2, -0.15) is 0 Å². The van der Waals surface area contributed by atoms with Gasteiger partial charge >= 0.3 is 0 Å². The minimum absolute atomic E-state index is 0.0872. The van der Waals surface area contributed by atoms with Crippen molar-refractivity contribution >= 4 is 46.4 Å². The highest BCUT2D eigenvalue weighted by Crippen LogP contribution is 2.79. The van der Waals surface area contributed by atoms with Crippen LogP contribution in [0.15, 0.2) is 0 Å². The van der Waals surface area contributed by atoms with Crippen molar-refractivity contribution in [1.29, 1.82) is 0 Å². The summed E-state index contributed by atoms with van der Waals surface area (Å²) in [5.41, 5.74) is 0.225. The molecule has 0 aliphatic heterocycles. The van der Waals surface area contributed by atoms with Crippen molar-refractivity contribution in [1.82, 2.24) is 0 Å². The Hall–Kier alpha value is 1.16. The number of alkyl halides is 4. The highest BCUT2D eigenvalue weighted by atomic mass is 35.5. The van der Waals surface area contributed by atoms with Gasteiger partial charge in [-0.1, -0.05) is 13.8 Å². The highest BCUT2D eigenvalue weighted by Gasteiger charge is 2.77. The molecule has 4 heteroatoms. The molecule has 0 N–H and O–H groups in total. The number of rotatable bonds is 1. The summed E-state index contributed by atoms with van der Waals surface area (Å²) in [7, 11) is 0. The van der Waals surface area contributed by atoms with Crippen LogP contribution in [0.4, 0.5) is 0 Å². The van der Waals surface area contributed by atoms with Crippen LogP contribution in [-0.2, 0) is 0 Å². The molecule has 0 nitrogen and oxygen atoms in total. The van der Waals surface area contributed by atoms with Crippen LogP contribution in [0.5, 0.6) is 0 Å². The monoisotopic (exact) mass is 300 g/mol. The Kier molecular flexibility index (Phi) is 2.29. The van der Waals surface area contributed by atoms with Crippen molar-refractivity contribution < 1.29 is 0 Å². The molecule has 0 aromatic carbocycles. The van der Waals surface area contributed by atoms with Gasteiger partial charge in [0.25, 0.3) is 0 Å². The first-order valence-electron chi connectivity index (χ1n) is 5.91. The second kappa shape index (κ2) is 3.00. The molecule has 92 valence electrons. The fraction of sp³-hybridized carbons (Fsp3) is 1.00. The van der Waals surface area contributed by atoms with Gasteiger partial charge in [0, 0.05) is 16.7 Å². The van der Waals surface area contributed by atoms with Crippen LogP contribution in [0.2, 0.25) is 0 Å². The molecule has 0 saturated heterocycles. The fourth-order valence-corrected chi connectivity index (χ4v) is 5.61. The zero-order valence-electron chi connectivity index (χ0n) is 9.49. The SMILES string of the molecule is CC1(C2CC[C@]3(C)[C@H](C2)C3(Cl)Cl)CC1(Cl)Cl. The molecule has 0 aromatic rings. The van der Waals surface area contributed by atoms with E-state index in [9.17, 15) is 0 Å². The van der Waals surface area contributed by atoms with Crippen molar-refractivity contribution in [3.05, 3.63) is 0 Å². The normalized spacial score (nSPS) is 56.6. The van der Waals surface area contributed by atoms with Crippen LogP contribution in [0, 0.1) is 22.7 Å². The molecular formula is C12H16Cl4. The van der Waals surface area contributed by atoms with E-state index in [4.69, 9.17) is 46.4 Å². The molecule has 0 spiro atoms. The maximum atomic E-state index is 6.36. The van der Waals surface area contributed by atoms with Crippen molar-refractivity contribution in [2.24, 2.45) is 22.7 Å². The van der Waals surface area contributed by atoms with Crippen LogP contribution >= 0.6 is 46.4 Å². The molecular weight excluding hydrogens is 286 g/mol. The Labute approximate surface area is 117 Å². The molecule has 4 atom stereocenters. The molecule has 0 bridgehead atoms. The van der Waals surface area contributed by atoms with Gasteiger partial charge in [0.1, 0.15) is 8.67 Å². The summed E-state index contributed by atoms with van der Waals surface area (Å²) in [5, 5.41) is 0. The zero-order valence-corrected chi connectivity index (χ0v) is 12.5. The fourth-order valence-electron chi connectivity index (χ4n) is 3.74. The summed E-state index contributed by atoms with van der Waals surface area (Å²) < 4.78 is -1.02. The summed E-state index contributed by atoms with van der Waals surface area (Å²) in [5.74, 6) is 1.02. The van der Waals surface area contributed by atoms with Crippen LogP contribution in [-0.4, -0.2) is 8.67 Å². The van der Waals surface area contributed by atoms with E-state index in [-0.39, 0.29) is 10.8 Å². The van der Waals surface area contributed by atoms with E-state index in [1.54, 1.807) is 0 Å². The molecule has 3 saturated carbocycles. The van der Waals surface area contributed by atoms with Gasteiger partial charge in [0.05, 0.1) is 0 Å². The summed E-state index contributed by atoms with van der Waals surface area (Å²) in [6.07, 6.45) is 4.26. The van der Waals surface area contributed by atoms with Crippen LogP contribution in [0.25, 0.3) is 0 Å². The third-order valence-electron chi connectivity index (χ3n) is 5.62. The number of hydrogen-bond donors (Lipinski definition) is 0. The van der Waals surface area contributed by atoms with Crippen LogP contribution in [0.1, 0.15) is 39.5 Å². The third kappa shape index (κ3) is 1.26. The summed E-state index contributed by atoms with van der Waals surface area (Å²) in [6.45, 7) is 4.41. The van der Waals surface area contributed by atoms with Crippen LogP contribution < -0.4 is 0 Å². The Morgan fingerprint density at radius 3 is 2.00 bits per heavy atom. The largest absolute Gasteiger partial charge is 0.127 e.